The third kappa shape index (κ3) is 2.86. The molecule has 7 heteroatoms. The number of hydrogen-bond acceptors (Lipinski definition) is 5. The number of pyridine rings is 1. The van der Waals surface area contributed by atoms with Gasteiger partial charge in [0.05, 0.1) is 30.4 Å². The van der Waals surface area contributed by atoms with Gasteiger partial charge in [-0.15, -0.1) is 0 Å². The Morgan fingerprint density at radius 1 is 1.60 bits per heavy atom. The lowest BCUT2D eigenvalue weighted by molar-refractivity contribution is -0.386. The van der Waals surface area contributed by atoms with Crippen molar-refractivity contribution < 1.29 is 15.1 Å². The van der Waals surface area contributed by atoms with Gasteiger partial charge in [0.25, 0.3) is 5.43 Å². The fourth-order valence-corrected chi connectivity index (χ4v) is 1.06. The highest BCUT2D eigenvalue weighted by molar-refractivity contribution is 5.25. The zero-order valence-electron chi connectivity index (χ0n) is 7.74. The van der Waals surface area contributed by atoms with Crippen molar-refractivity contribution in [1.29, 1.82) is 0 Å². The second-order valence-electron chi connectivity index (χ2n) is 2.98. The molecule has 0 aromatic carbocycles. The molecule has 0 aliphatic carbocycles. The molecule has 0 saturated carbocycles. The maximum Gasteiger partial charge on any atom is 0.332 e. The standard InChI is InChI=1S/C8H10N2O5/c11-5-6(12)3-9-2-1-8(13)7(4-9)10(14)15/h1-2,4,6,11-12H,3,5H2. The molecule has 0 aliphatic rings. The average molecular weight is 214 g/mol. The molecule has 1 unspecified atom stereocenters. The third-order valence-electron chi connectivity index (χ3n) is 1.79. The molecule has 1 heterocycles. The fraction of sp³-hybridized carbons (Fsp3) is 0.375. The van der Waals surface area contributed by atoms with Crippen LogP contribution in [0.2, 0.25) is 0 Å². The summed E-state index contributed by atoms with van der Waals surface area (Å²) in [5.74, 6) is 0. The van der Waals surface area contributed by atoms with Crippen LogP contribution in [0, 0.1) is 10.1 Å². The van der Waals surface area contributed by atoms with Gasteiger partial charge in [-0.1, -0.05) is 0 Å². The Hall–Kier alpha value is -1.73. The summed E-state index contributed by atoms with van der Waals surface area (Å²) in [4.78, 5) is 20.6. The largest absolute Gasteiger partial charge is 0.394 e. The van der Waals surface area contributed by atoms with Crippen LogP contribution in [0.4, 0.5) is 5.69 Å². The van der Waals surface area contributed by atoms with Crippen LogP contribution in [0.25, 0.3) is 0 Å². The lowest BCUT2D eigenvalue weighted by Gasteiger charge is -2.09. The number of aliphatic hydroxyl groups excluding tert-OH is 2. The minimum Gasteiger partial charge on any atom is -0.394 e. The number of aromatic nitrogens is 1. The molecule has 1 atom stereocenters. The van der Waals surface area contributed by atoms with E-state index < -0.39 is 28.8 Å². The second-order valence-corrected chi connectivity index (χ2v) is 2.98. The summed E-state index contributed by atoms with van der Waals surface area (Å²) in [6, 6.07) is 1.04. The van der Waals surface area contributed by atoms with Crippen LogP contribution < -0.4 is 5.43 Å². The van der Waals surface area contributed by atoms with Gasteiger partial charge in [-0.05, 0) is 0 Å². The van der Waals surface area contributed by atoms with Crippen molar-refractivity contribution in [2.45, 2.75) is 12.6 Å². The van der Waals surface area contributed by atoms with E-state index in [9.17, 15) is 14.9 Å². The molecule has 0 radical (unpaired) electrons. The molecule has 7 nitrogen and oxygen atoms in total. The third-order valence-corrected chi connectivity index (χ3v) is 1.79. The monoisotopic (exact) mass is 214 g/mol. The summed E-state index contributed by atoms with van der Waals surface area (Å²) >= 11 is 0. The highest BCUT2D eigenvalue weighted by Crippen LogP contribution is 2.03. The lowest BCUT2D eigenvalue weighted by Crippen LogP contribution is -2.21. The molecular formula is C8H10N2O5. The van der Waals surface area contributed by atoms with Crippen LogP contribution >= 0.6 is 0 Å². The minimum atomic E-state index is -1.01. The molecule has 1 aromatic heterocycles. The molecule has 0 saturated heterocycles. The summed E-state index contributed by atoms with van der Waals surface area (Å²) in [5.41, 5.74) is -1.24. The molecule has 82 valence electrons. The molecule has 0 amide bonds. The number of hydrogen-bond donors (Lipinski definition) is 2. The van der Waals surface area contributed by atoms with E-state index in [-0.39, 0.29) is 6.54 Å². The SMILES string of the molecule is O=c1ccn(CC(O)CO)cc1[N+](=O)[O-]. The normalized spacial score (nSPS) is 12.4. The van der Waals surface area contributed by atoms with Crippen LogP contribution in [-0.2, 0) is 6.54 Å². The Morgan fingerprint density at radius 2 is 2.27 bits per heavy atom. The zero-order valence-corrected chi connectivity index (χ0v) is 7.74. The Kier molecular flexibility index (Phi) is 3.53. The molecule has 1 aromatic rings. The molecule has 0 bridgehead atoms. The van der Waals surface area contributed by atoms with E-state index in [0.717, 1.165) is 12.3 Å². The molecule has 0 aliphatic heterocycles. The summed E-state index contributed by atoms with van der Waals surface area (Å²) in [6.45, 7) is -0.447. The van der Waals surface area contributed by atoms with Crippen molar-refractivity contribution >= 4 is 5.69 Å². The van der Waals surface area contributed by atoms with E-state index in [4.69, 9.17) is 10.2 Å². The van der Waals surface area contributed by atoms with Crippen molar-refractivity contribution in [3.63, 3.8) is 0 Å². The predicted octanol–water partition coefficient (Wildman–Crippen LogP) is -0.890. The first-order valence-electron chi connectivity index (χ1n) is 4.18. The maximum absolute atomic E-state index is 11.0. The second kappa shape index (κ2) is 4.67. The number of nitro groups is 1. The Labute approximate surface area is 84.4 Å². The van der Waals surface area contributed by atoms with Gasteiger partial charge >= 0.3 is 5.69 Å². The van der Waals surface area contributed by atoms with Crippen LogP contribution in [0.15, 0.2) is 23.3 Å². The molecule has 1 rings (SSSR count). The van der Waals surface area contributed by atoms with Crippen molar-refractivity contribution in [2.75, 3.05) is 6.61 Å². The Morgan fingerprint density at radius 3 is 2.80 bits per heavy atom. The minimum absolute atomic E-state index is 0.00236. The van der Waals surface area contributed by atoms with Gasteiger partial charge in [0.1, 0.15) is 0 Å². The maximum atomic E-state index is 11.0. The fourth-order valence-electron chi connectivity index (χ4n) is 1.06. The average Bonchev–Trinajstić information content (AvgIpc) is 2.20. The van der Waals surface area contributed by atoms with Crippen LogP contribution in [0.5, 0.6) is 0 Å². The van der Waals surface area contributed by atoms with Crippen molar-refractivity contribution in [3.05, 3.63) is 38.8 Å². The first kappa shape index (κ1) is 11.3. The van der Waals surface area contributed by atoms with Crippen molar-refractivity contribution in [3.8, 4) is 0 Å². The van der Waals surface area contributed by atoms with Gasteiger partial charge in [-0.3, -0.25) is 14.9 Å². The number of rotatable bonds is 4. The van der Waals surface area contributed by atoms with E-state index in [1.807, 2.05) is 0 Å². The molecule has 2 N–H and O–H groups in total. The van der Waals surface area contributed by atoms with Gasteiger partial charge in [-0.2, -0.15) is 0 Å². The zero-order chi connectivity index (χ0) is 11.4. The van der Waals surface area contributed by atoms with E-state index in [1.165, 1.54) is 10.8 Å². The van der Waals surface area contributed by atoms with Crippen molar-refractivity contribution in [1.82, 2.24) is 4.57 Å². The summed E-state index contributed by atoms with van der Waals surface area (Å²) in [7, 11) is 0. The van der Waals surface area contributed by atoms with Crippen LogP contribution in [-0.4, -0.2) is 32.4 Å². The number of aliphatic hydroxyl groups is 2. The topological polar surface area (TPSA) is 106 Å². The Balaban J connectivity index is 2.98. The van der Waals surface area contributed by atoms with Crippen LogP contribution in [0.3, 0.4) is 0 Å². The van der Waals surface area contributed by atoms with Gasteiger partial charge in [0.15, 0.2) is 0 Å². The molecule has 0 spiro atoms. The Bertz CT molecular complexity index is 414. The highest BCUT2D eigenvalue weighted by Gasteiger charge is 2.12. The highest BCUT2D eigenvalue weighted by atomic mass is 16.6. The first-order valence-corrected chi connectivity index (χ1v) is 4.18. The number of nitrogens with zero attached hydrogens (tertiary/aromatic N) is 2. The van der Waals surface area contributed by atoms with E-state index in [0.29, 0.717) is 0 Å². The van der Waals surface area contributed by atoms with E-state index >= 15 is 0 Å². The van der Waals surface area contributed by atoms with Crippen LogP contribution in [0.1, 0.15) is 0 Å². The van der Waals surface area contributed by atoms with Gasteiger partial charge in [-0.25, -0.2) is 0 Å². The molecule has 15 heavy (non-hydrogen) atoms. The van der Waals surface area contributed by atoms with Gasteiger partial charge in [0, 0.05) is 12.3 Å². The lowest BCUT2D eigenvalue weighted by atomic mass is 10.3. The van der Waals surface area contributed by atoms with Gasteiger partial charge < -0.3 is 14.8 Å². The summed E-state index contributed by atoms with van der Waals surface area (Å²) < 4.78 is 1.28. The van der Waals surface area contributed by atoms with E-state index in [2.05, 4.69) is 0 Å². The summed E-state index contributed by atoms with van der Waals surface area (Å²) in [5, 5.41) is 28.1. The van der Waals surface area contributed by atoms with E-state index in [1.54, 1.807) is 0 Å². The molecule has 0 fully saturated rings. The molecular weight excluding hydrogens is 204 g/mol. The van der Waals surface area contributed by atoms with Gasteiger partial charge in [0.2, 0.25) is 0 Å². The summed E-state index contributed by atoms with van der Waals surface area (Å²) in [6.07, 6.45) is 1.34. The first-order chi connectivity index (χ1) is 7.04. The quantitative estimate of drug-likeness (QED) is 0.499. The van der Waals surface area contributed by atoms with Crippen molar-refractivity contribution in [2.24, 2.45) is 0 Å². The smallest absolute Gasteiger partial charge is 0.332 e. The predicted molar refractivity (Wildman–Crippen MR) is 50.4 cm³/mol.